The Morgan fingerprint density at radius 1 is 1.21 bits per heavy atom. The van der Waals surface area contributed by atoms with Crippen molar-refractivity contribution < 1.29 is 9.72 Å². The molecule has 0 unspecified atom stereocenters. The van der Waals surface area contributed by atoms with Gasteiger partial charge in [-0.25, -0.2) is 0 Å². The number of rotatable bonds is 4. The van der Waals surface area contributed by atoms with Gasteiger partial charge < -0.3 is 10.2 Å². The van der Waals surface area contributed by atoms with E-state index in [2.05, 4.69) is 17.1 Å². The van der Waals surface area contributed by atoms with Crippen LogP contribution >= 0.6 is 0 Å². The summed E-state index contributed by atoms with van der Waals surface area (Å²) in [6, 6.07) is 5.08. The number of carbonyl (C=O) groups excluding carboxylic acids is 1. The molecule has 0 spiro atoms. The van der Waals surface area contributed by atoms with Crippen LogP contribution in [-0.2, 0) is 0 Å². The maximum Gasteiger partial charge on any atom is 0.293 e. The Kier molecular flexibility index (Phi) is 5.02. The van der Waals surface area contributed by atoms with Crippen molar-refractivity contribution in [1.29, 1.82) is 0 Å². The molecular weight excluding hydrogens is 306 g/mol. The Morgan fingerprint density at radius 2 is 1.88 bits per heavy atom. The molecule has 1 aliphatic carbocycles. The van der Waals surface area contributed by atoms with E-state index in [1.165, 1.54) is 6.07 Å². The quantitative estimate of drug-likeness (QED) is 0.677. The van der Waals surface area contributed by atoms with Gasteiger partial charge in [0.2, 0.25) is 0 Å². The van der Waals surface area contributed by atoms with Gasteiger partial charge in [-0.1, -0.05) is 19.8 Å². The number of anilines is 1. The Morgan fingerprint density at radius 3 is 2.50 bits per heavy atom. The minimum Gasteiger partial charge on any atom is -0.366 e. The molecule has 130 valence electrons. The summed E-state index contributed by atoms with van der Waals surface area (Å²) < 4.78 is 0. The first-order chi connectivity index (χ1) is 11.5. The molecule has 2 aliphatic rings. The van der Waals surface area contributed by atoms with Crippen LogP contribution < -0.4 is 10.2 Å². The average molecular weight is 331 g/mol. The zero-order valence-corrected chi connectivity index (χ0v) is 14.2. The van der Waals surface area contributed by atoms with Gasteiger partial charge in [-0.3, -0.25) is 14.9 Å². The number of piperidine rings is 1. The van der Waals surface area contributed by atoms with Crippen LogP contribution in [0, 0.1) is 16.0 Å². The van der Waals surface area contributed by atoms with Crippen LogP contribution in [0.15, 0.2) is 18.2 Å². The Bertz CT molecular complexity index is 618. The SMILES string of the molecule is CC1CCN(c2ccc(C(=O)NC3CCCC3)cc2[N+](=O)[O-])CC1. The molecule has 0 bridgehead atoms. The average Bonchev–Trinajstić information content (AvgIpc) is 3.08. The molecule has 0 atom stereocenters. The van der Waals surface area contributed by atoms with Crippen LogP contribution in [0.25, 0.3) is 0 Å². The summed E-state index contributed by atoms with van der Waals surface area (Å²) in [5.74, 6) is 0.459. The second-order valence-electron chi connectivity index (χ2n) is 7.09. The van der Waals surface area contributed by atoms with E-state index in [1.807, 2.05) is 0 Å². The summed E-state index contributed by atoms with van der Waals surface area (Å²) in [7, 11) is 0. The van der Waals surface area contributed by atoms with Crippen molar-refractivity contribution >= 4 is 17.3 Å². The summed E-state index contributed by atoms with van der Waals surface area (Å²) in [6.07, 6.45) is 6.35. The highest BCUT2D eigenvalue weighted by Gasteiger charge is 2.25. The molecule has 1 saturated heterocycles. The van der Waals surface area contributed by atoms with Gasteiger partial charge in [-0.2, -0.15) is 0 Å². The predicted octanol–water partition coefficient (Wildman–Crippen LogP) is 3.50. The number of nitro groups is 1. The molecular formula is C18H25N3O3. The van der Waals surface area contributed by atoms with Crippen LogP contribution in [0.3, 0.4) is 0 Å². The van der Waals surface area contributed by atoms with Gasteiger partial charge in [0.1, 0.15) is 5.69 Å². The molecule has 0 radical (unpaired) electrons. The third-order valence-corrected chi connectivity index (χ3v) is 5.25. The maximum absolute atomic E-state index is 12.4. The Hall–Kier alpha value is -2.11. The summed E-state index contributed by atoms with van der Waals surface area (Å²) in [6.45, 7) is 3.87. The van der Waals surface area contributed by atoms with Crippen molar-refractivity contribution in [3.05, 3.63) is 33.9 Å². The molecule has 1 saturated carbocycles. The smallest absolute Gasteiger partial charge is 0.293 e. The van der Waals surface area contributed by atoms with Crippen molar-refractivity contribution in [2.75, 3.05) is 18.0 Å². The number of hydrogen-bond acceptors (Lipinski definition) is 4. The lowest BCUT2D eigenvalue weighted by Crippen LogP contribution is -2.34. The summed E-state index contributed by atoms with van der Waals surface area (Å²) in [5.41, 5.74) is 1.04. The van der Waals surface area contributed by atoms with E-state index in [1.54, 1.807) is 12.1 Å². The molecule has 6 nitrogen and oxygen atoms in total. The molecule has 1 heterocycles. The molecule has 2 fully saturated rings. The number of amides is 1. The first-order valence-corrected chi connectivity index (χ1v) is 8.89. The van der Waals surface area contributed by atoms with Crippen molar-refractivity contribution in [3.63, 3.8) is 0 Å². The standard InChI is InChI=1S/C18H25N3O3/c1-13-8-10-20(11-9-13)16-7-6-14(12-17(16)21(23)24)18(22)19-15-4-2-3-5-15/h6-7,12-13,15H,2-5,8-11H2,1H3,(H,19,22). The second kappa shape index (κ2) is 7.20. The number of benzene rings is 1. The number of nitro benzene ring substituents is 1. The Labute approximate surface area is 142 Å². The molecule has 24 heavy (non-hydrogen) atoms. The molecule has 3 rings (SSSR count). The van der Waals surface area contributed by atoms with Gasteiger partial charge >= 0.3 is 0 Å². The van der Waals surface area contributed by atoms with Crippen LogP contribution in [-0.4, -0.2) is 30.0 Å². The third kappa shape index (κ3) is 3.68. The molecule has 6 heteroatoms. The molecule has 1 aliphatic heterocycles. The van der Waals surface area contributed by atoms with Gasteiger partial charge in [0.15, 0.2) is 0 Å². The Balaban J connectivity index is 1.79. The van der Waals surface area contributed by atoms with Gasteiger partial charge in [-0.05, 0) is 43.7 Å². The number of nitrogens with zero attached hydrogens (tertiary/aromatic N) is 2. The number of carbonyl (C=O) groups is 1. The lowest BCUT2D eigenvalue weighted by atomic mass is 9.98. The van der Waals surface area contributed by atoms with Crippen molar-refractivity contribution in [2.45, 2.75) is 51.5 Å². The molecule has 1 N–H and O–H groups in total. The topological polar surface area (TPSA) is 75.5 Å². The highest BCUT2D eigenvalue weighted by atomic mass is 16.6. The highest BCUT2D eigenvalue weighted by Crippen LogP contribution is 2.32. The largest absolute Gasteiger partial charge is 0.366 e. The van der Waals surface area contributed by atoms with E-state index in [0.29, 0.717) is 17.2 Å². The van der Waals surface area contributed by atoms with Crippen LogP contribution in [0.1, 0.15) is 55.8 Å². The monoisotopic (exact) mass is 331 g/mol. The van der Waals surface area contributed by atoms with Crippen LogP contribution in [0.5, 0.6) is 0 Å². The fraction of sp³-hybridized carbons (Fsp3) is 0.611. The molecule has 1 aromatic rings. The number of nitrogens with one attached hydrogen (secondary N) is 1. The predicted molar refractivity (Wildman–Crippen MR) is 93.4 cm³/mol. The highest BCUT2D eigenvalue weighted by molar-refractivity contribution is 5.96. The zero-order valence-electron chi connectivity index (χ0n) is 14.2. The van der Waals surface area contributed by atoms with Crippen molar-refractivity contribution in [1.82, 2.24) is 5.32 Å². The molecule has 0 aromatic heterocycles. The first kappa shape index (κ1) is 16.7. The summed E-state index contributed by atoms with van der Waals surface area (Å²) in [5, 5.41) is 14.5. The van der Waals surface area contributed by atoms with E-state index >= 15 is 0 Å². The van der Waals surface area contributed by atoms with Crippen molar-refractivity contribution in [2.24, 2.45) is 5.92 Å². The lowest BCUT2D eigenvalue weighted by molar-refractivity contribution is -0.384. The lowest BCUT2D eigenvalue weighted by Gasteiger charge is -2.31. The van der Waals surface area contributed by atoms with Crippen LogP contribution in [0.2, 0.25) is 0 Å². The second-order valence-corrected chi connectivity index (χ2v) is 7.09. The maximum atomic E-state index is 12.4. The minimum absolute atomic E-state index is 0.0311. The van der Waals surface area contributed by atoms with E-state index in [-0.39, 0.29) is 22.6 Å². The fourth-order valence-electron chi connectivity index (χ4n) is 3.67. The van der Waals surface area contributed by atoms with Gasteiger partial charge in [0.25, 0.3) is 11.6 Å². The van der Waals surface area contributed by atoms with E-state index in [0.717, 1.165) is 51.6 Å². The van der Waals surface area contributed by atoms with E-state index in [9.17, 15) is 14.9 Å². The number of hydrogen-bond donors (Lipinski definition) is 1. The van der Waals surface area contributed by atoms with Crippen LogP contribution in [0.4, 0.5) is 11.4 Å². The van der Waals surface area contributed by atoms with E-state index in [4.69, 9.17) is 0 Å². The third-order valence-electron chi connectivity index (χ3n) is 5.25. The van der Waals surface area contributed by atoms with E-state index < -0.39 is 0 Å². The van der Waals surface area contributed by atoms with Gasteiger partial charge in [0.05, 0.1) is 4.92 Å². The zero-order chi connectivity index (χ0) is 17.1. The normalized spacial score (nSPS) is 19.5. The minimum atomic E-state index is -0.375. The summed E-state index contributed by atoms with van der Waals surface area (Å²) >= 11 is 0. The van der Waals surface area contributed by atoms with Crippen molar-refractivity contribution in [3.8, 4) is 0 Å². The first-order valence-electron chi connectivity index (χ1n) is 8.89. The molecule has 1 aromatic carbocycles. The van der Waals surface area contributed by atoms with Gasteiger partial charge in [-0.15, -0.1) is 0 Å². The molecule has 1 amide bonds. The fourth-order valence-corrected chi connectivity index (χ4v) is 3.67. The van der Waals surface area contributed by atoms with Gasteiger partial charge in [0, 0.05) is 30.8 Å². The summed E-state index contributed by atoms with van der Waals surface area (Å²) in [4.78, 5) is 25.5.